The Morgan fingerprint density at radius 2 is 1.13 bits per heavy atom. The van der Waals surface area contributed by atoms with Gasteiger partial charge < -0.3 is 14.7 Å². The summed E-state index contributed by atoms with van der Waals surface area (Å²) in [5.74, 6) is -0.866. The topological polar surface area (TPSA) is 83.7 Å². The van der Waals surface area contributed by atoms with E-state index in [2.05, 4.69) is 15.0 Å². The number of esters is 1. The van der Waals surface area contributed by atoms with Gasteiger partial charge in [-0.15, -0.1) is 0 Å². The quantitative estimate of drug-likeness (QED) is 0.150. The van der Waals surface area contributed by atoms with Crippen molar-refractivity contribution in [3.63, 3.8) is 0 Å². The average Bonchev–Trinajstić information content (AvgIpc) is 3.79. The maximum atomic E-state index is 13.3. The molecule has 0 saturated carbocycles. The lowest BCUT2D eigenvalue weighted by Crippen LogP contribution is -2.05. The summed E-state index contributed by atoms with van der Waals surface area (Å²) in [4.78, 5) is 28.5. The normalized spacial score (nSPS) is 13.2. The van der Waals surface area contributed by atoms with Gasteiger partial charge in [-0.3, -0.25) is 0 Å². The molecule has 224 valence electrons. The number of aromatic amines is 2. The number of hydrogen-bond donors (Lipinski definition) is 2. The van der Waals surface area contributed by atoms with Gasteiger partial charge in [0.1, 0.15) is 0 Å². The third-order valence-electron chi connectivity index (χ3n) is 7.31. The van der Waals surface area contributed by atoms with Crippen molar-refractivity contribution in [2.75, 3.05) is 0 Å². The van der Waals surface area contributed by atoms with Gasteiger partial charge in [-0.1, -0.05) is 24.3 Å². The first kappa shape index (κ1) is 28.1. The number of rotatable bonds is 2. The predicted molar refractivity (Wildman–Crippen MR) is 156 cm³/mol. The second kappa shape index (κ2) is 10.2. The Labute approximate surface area is 249 Å². The van der Waals surface area contributed by atoms with Crippen LogP contribution in [-0.4, -0.2) is 25.9 Å². The van der Waals surface area contributed by atoms with Crippen molar-refractivity contribution < 1.29 is 35.9 Å². The van der Waals surface area contributed by atoms with E-state index in [4.69, 9.17) is 9.72 Å². The third-order valence-corrected chi connectivity index (χ3v) is 7.31. The summed E-state index contributed by atoms with van der Waals surface area (Å²) >= 11 is 0. The Kier molecular flexibility index (Phi) is 6.39. The molecule has 2 aliphatic rings. The van der Waals surface area contributed by atoms with Gasteiger partial charge in [0, 0.05) is 39.3 Å². The summed E-state index contributed by atoms with van der Waals surface area (Å²) < 4.78 is 85.0. The van der Waals surface area contributed by atoms with Crippen LogP contribution in [0.5, 0.6) is 5.88 Å². The van der Waals surface area contributed by atoms with Gasteiger partial charge in [-0.05, 0) is 77.9 Å². The molecule has 45 heavy (non-hydrogen) atoms. The Morgan fingerprint density at radius 1 is 0.600 bits per heavy atom. The van der Waals surface area contributed by atoms with Crippen molar-refractivity contribution in [1.82, 2.24) is 19.9 Å². The molecule has 12 heteroatoms. The standard InChI is InChI=1S/C33H18F6N4O2/c34-32(35,36)19-5-1-17(2-6-19)28-24-12-9-21(40-24)15-22-10-14-26(41-22)29(18-3-7-20(8-4-18)33(37,38)39)30-31(44)45-27(43-30)16-23-11-13-25(28)42-23/h1-16,41-42H. The summed E-state index contributed by atoms with van der Waals surface area (Å²) in [6.07, 6.45) is -5.54. The SMILES string of the molecule is O=C1Oc2cc3ccc([nH]3)c(-c3ccc(C(F)(F)F)cc3)c3nc(cc4ccc([nH]4)c(-c4ccc(C(F)(F)F)cc4)c1n2)C=C3. The van der Waals surface area contributed by atoms with E-state index >= 15 is 0 Å². The molecule has 2 N–H and O–H groups in total. The summed E-state index contributed by atoms with van der Waals surface area (Å²) in [6.45, 7) is 0. The molecular formula is C33H18F6N4O2. The van der Waals surface area contributed by atoms with Crippen LogP contribution in [0.1, 0.15) is 33.0 Å². The van der Waals surface area contributed by atoms with Crippen LogP contribution in [0, 0.1) is 0 Å². The molecule has 0 radical (unpaired) electrons. The van der Waals surface area contributed by atoms with E-state index in [-0.39, 0.29) is 17.1 Å². The number of carbonyl (C=O) groups excluding carboxylic acids is 1. The predicted octanol–water partition coefficient (Wildman–Crippen LogP) is 9.08. The Morgan fingerprint density at radius 3 is 1.71 bits per heavy atom. The molecule has 2 aromatic carbocycles. The van der Waals surface area contributed by atoms with E-state index in [0.717, 1.165) is 24.3 Å². The van der Waals surface area contributed by atoms with Gasteiger partial charge in [0.15, 0.2) is 5.69 Å². The van der Waals surface area contributed by atoms with Crippen LogP contribution < -0.4 is 4.74 Å². The Balaban J connectivity index is 1.49. The molecule has 6 nitrogen and oxygen atoms in total. The molecule has 5 heterocycles. The minimum atomic E-state index is -4.54. The van der Waals surface area contributed by atoms with E-state index in [1.165, 1.54) is 30.3 Å². The molecule has 0 atom stereocenters. The van der Waals surface area contributed by atoms with Crippen molar-refractivity contribution in [3.05, 3.63) is 113 Å². The van der Waals surface area contributed by atoms with Crippen LogP contribution >= 0.6 is 0 Å². The molecule has 0 amide bonds. The van der Waals surface area contributed by atoms with Crippen LogP contribution in [-0.2, 0) is 12.4 Å². The van der Waals surface area contributed by atoms with Crippen LogP contribution in [0.25, 0.3) is 56.5 Å². The number of halogens is 6. The molecule has 0 aliphatic carbocycles. The minimum Gasteiger partial charge on any atom is -0.403 e. The first-order valence-electron chi connectivity index (χ1n) is 13.4. The van der Waals surface area contributed by atoms with Gasteiger partial charge in [-0.25, -0.2) is 14.8 Å². The van der Waals surface area contributed by atoms with Crippen LogP contribution in [0.4, 0.5) is 26.3 Å². The highest BCUT2D eigenvalue weighted by atomic mass is 19.4. The number of nitrogens with one attached hydrogen (secondary N) is 2. The van der Waals surface area contributed by atoms with E-state index in [0.29, 0.717) is 50.1 Å². The van der Waals surface area contributed by atoms with Crippen molar-refractivity contribution in [2.45, 2.75) is 12.4 Å². The number of carbonyl (C=O) groups is 1. The average molecular weight is 617 g/mol. The van der Waals surface area contributed by atoms with E-state index in [1.807, 2.05) is 0 Å². The zero-order valence-corrected chi connectivity index (χ0v) is 22.7. The Hall–Kier alpha value is -5.65. The lowest BCUT2D eigenvalue weighted by atomic mass is 10.0. The summed E-state index contributed by atoms with van der Waals surface area (Å²) in [5, 5.41) is 0. The first-order chi connectivity index (χ1) is 21.4. The molecule has 3 aromatic heterocycles. The summed E-state index contributed by atoms with van der Waals surface area (Å²) in [7, 11) is 0. The molecule has 0 saturated heterocycles. The summed E-state index contributed by atoms with van der Waals surface area (Å²) in [5.41, 5.74) is 2.81. The molecule has 8 bridgehead atoms. The van der Waals surface area contributed by atoms with Crippen LogP contribution in [0.2, 0.25) is 0 Å². The van der Waals surface area contributed by atoms with Gasteiger partial charge in [0.25, 0.3) is 0 Å². The number of H-pyrrole nitrogens is 2. The smallest absolute Gasteiger partial charge is 0.403 e. The van der Waals surface area contributed by atoms with Crippen molar-refractivity contribution in [3.8, 4) is 28.1 Å². The lowest BCUT2D eigenvalue weighted by Gasteiger charge is -2.08. The number of alkyl halides is 6. The number of ether oxygens (including phenoxy) is 1. The minimum absolute atomic E-state index is 0.0666. The Bertz CT molecular complexity index is 2170. The maximum Gasteiger partial charge on any atom is 0.416 e. The highest BCUT2D eigenvalue weighted by molar-refractivity contribution is 6.02. The second-order valence-electron chi connectivity index (χ2n) is 10.3. The van der Waals surface area contributed by atoms with Crippen LogP contribution in [0.15, 0.2) is 84.9 Å². The molecule has 0 fully saturated rings. The fraction of sp³-hybridized carbons (Fsp3) is 0.0606. The fourth-order valence-electron chi connectivity index (χ4n) is 5.23. The van der Waals surface area contributed by atoms with Gasteiger partial charge in [0.2, 0.25) is 5.88 Å². The van der Waals surface area contributed by atoms with Gasteiger partial charge in [-0.2, -0.15) is 26.3 Å². The van der Waals surface area contributed by atoms with Crippen molar-refractivity contribution in [2.24, 2.45) is 0 Å². The lowest BCUT2D eigenvalue weighted by molar-refractivity contribution is -0.138. The second-order valence-corrected chi connectivity index (χ2v) is 10.3. The monoisotopic (exact) mass is 616 g/mol. The highest BCUT2D eigenvalue weighted by Gasteiger charge is 2.31. The van der Waals surface area contributed by atoms with Gasteiger partial charge >= 0.3 is 18.3 Å². The maximum absolute atomic E-state index is 13.3. The van der Waals surface area contributed by atoms with Crippen LogP contribution in [0.3, 0.4) is 0 Å². The van der Waals surface area contributed by atoms with E-state index in [1.54, 1.807) is 42.5 Å². The fourth-order valence-corrected chi connectivity index (χ4v) is 5.23. The first-order valence-corrected chi connectivity index (χ1v) is 13.4. The molecule has 7 rings (SSSR count). The molecule has 0 spiro atoms. The summed E-state index contributed by atoms with van der Waals surface area (Å²) in [6, 6.07) is 19.1. The number of benzene rings is 2. The number of aromatic nitrogens is 4. The number of fused-ring (bicyclic) bond motifs is 8. The number of hydrogen-bond acceptors (Lipinski definition) is 4. The largest absolute Gasteiger partial charge is 0.416 e. The zero-order valence-electron chi connectivity index (χ0n) is 22.7. The van der Waals surface area contributed by atoms with Crippen molar-refractivity contribution in [1.29, 1.82) is 0 Å². The highest BCUT2D eigenvalue weighted by Crippen LogP contribution is 2.36. The molecule has 5 aromatic rings. The molecule has 2 aliphatic heterocycles. The number of nitrogens with zero attached hydrogens (tertiary/aromatic N) is 2. The zero-order chi connectivity index (χ0) is 31.5. The molecular weight excluding hydrogens is 598 g/mol. The third kappa shape index (κ3) is 5.35. The van der Waals surface area contributed by atoms with E-state index < -0.39 is 29.4 Å². The molecule has 0 unspecified atom stereocenters. The van der Waals surface area contributed by atoms with E-state index in [9.17, 15) is 31.1 Å². The van der Waals surface area contributed by atoms with Gasteiger partial charge in [0.05, 0.1) is 22.5 Å². The van der Waals surface area contributed by atoms with Crippen molar-refractivity contribution >= 4 is 40.2 Å².